The molecule has 1 rings (SSSR count). The van der Waals surface area contributed by atoms with Crippen LogP contribution in [0.3, 0.4) is 0 Å². The lowest BCUT2D eigenvalue weighted by Crippen LogP contribution is -2.59. The third kappa shape index (κ3) is 7.45. The summed E-state index contributed by atoms with van der Waals surface area (Å²) in [6.07, 6.45) is -0.576. The van der Waals surface area contributed by atoms with Gasteiger partial charge in [0, 0.05) is 13.0 Å². The van der Waals surface area contributed by atoms with E-state index in [0.29, 0.717) is 12.8 Å². The lowest BCUT2D eigenvalue weighted by Gasteiger charge is -2.30. The highest BCUT2D eigenvalue weighted by molar-refractivity contribution is 5.94. The van der Waals surface area contributed by atoms with E-state index < -0.39 is 66.4 Å². The summed E-state index contributed by atoms with van der Waals surface area (Å²) in [6.45, 7) is 5.01. The Morgan fingerprint density at radius 3 is 2.22 bits per heavy atom. The van der Waals surface area contributed by atoms with Gasteiger partial charge in [0.2, 0.25) is 17.7 Å². The molecule has 12 nitrogen and oxygen atoms in total. The van der Waals surface area contributed by atoms with E-state index in [-0.39, 0.29) is 25.3 Å². The molecule has 3 amide bonds. The molecule has 1 heterocycles. The van der Waals surface area contributed by atoms with Crippen molar-refractivity contribution in [1.29, 1.82) is 0 Å². The van der Waals surface area contributed by atoms with Gasteiger partial charge < -0.3 is 36.6 Å². The molecule has 0 aromatic heterocycles. The number of carbonyl (C=O) groups is 5. The Morgan fingerprint density at radius 1 is 1.09 bits per heavy atom. The highest BCUT2D eigenvalue weighted by Gasteiger charge is 2.39. The van der Waals surface area contributed by atoms with Crippen molar-refractivity contribution in [3.05, 3.63) is 0 Å². The second kappa shape index (κ2) is 12.3. The maximum absolute atomic E-state index is 13.0. The molecule has 6 unspecified atom stereocenters. The van der Waals surface area contributed by atoms with Gasteiger partial charge in [0.15, 0.2) is 0 Å². The van der Waals surface area contributed by atoms with E-state index in [1.165, 1.54) is 6.92 Å². The Bertz CT molecular complexity index is 714. The summed E-state index contributed by atoms with van der Waals surface area (Å²) >= 11 is 0. The topological polar surface area (TPSA) is 199 Å². The van der Waals surface area contributed by atoms with Gasteiger partial charge in [-0.05, 0) is 32.1 Å². The number of amides is 3. The first kappa shape index (κ1) is 27.3. The van der Waals surface area contributed by atoms with Crippen LogP contribution < -0.4 is 16.4 Å². The van der Waals surface area contributed by atoms with Gasteiger partial charge in [-0.15, -0.1) is 0 Å². The van der Waals surface area contributed by atoms with Crippen molar-refractivity contribution >= 4 is 29.7 Å². The predicted molar refractivity (Wildman–Crippen MR) is 112 cm³/mol. The van der Waals surface area contributed by atoms with Crippen LogP contribution in [0.25, 0.3) is 0 Å². The van der Waals surface area contributed by atoms with Crippen LogP contribution in [-0.2, 0) is 24.0 Å². The number of nitrogens with one attached hydrogen (secondary N) is 2. The van der Waals surface area contributed by atoms with Crippen LogP contribution in [0.15, 0.2) is 0 Å². The Morgan fingerprint density at radius 2 is 1.72 bits per heavy atom. The molecule has 7 N–H and O–H groups in total. The second-order valence-corrected chi connectivity index (χ2v) is 8.16. The van der Waals surface area contributed by atoms with Gasteiger partial charge in [-0.3, -0.25) is 19.2 Å². The summed E-state index contributed by atoms with van der Waals surface area (Å²) in [5, 5.41) is 32.9. The zero-order chi connectivity index (χ0) is 24.6. The van der Waals surface area contributed by atoms with E-state index in [4.69, 9.17) is 10.8 Å². The zero-order valence-electron chi connectivity index (χ0n) is 18.6. The Hall–Kier alpha value is -2.73. The zero-order valence-corrected chi connectivity index (χ0v) is 18.6. The summed E-state index contributed by atoms with van der Waals surface area (Å²) in [5.74, 6) is -4.87. The monoisotopic (exact) mass is 458 g/mol. The fourth-order valence-electron chi connectivity index (χ4n) is 3.44. The number of nitrogens with zero attached hydrogens (tertiary/aromatic N) is 1. The van der Waals surface area contributed by atoms with Crippen LogP contribution in [-0.4, -0.2) is 86.7 Å². The van der Waals surface area contributed by atoms with Gasteiger partial charge in [-0.25, -0.2) is 4.79 Å². The molecule has 6 atom stereocenters. The maximum atomic E-state index is 13.0. The first-order chi connectivity index (χ1) is 14.9. The summed E-state index contributed by atoms with van der Waals surface area (Å²) in [4.78, 5) is 61.9. The smallest absolute Gasteiger partial charge is 0.326 e. The number of carbonyl (C=O) groups excluding carboxylic acids is 3. The molecule has 0 bridgehead atoms. The van der Waals surface area contributed by atoms with Crippen LogP contribution in [0.2, 0.25) is 0 Å². The van der Waals surface area contributed by atoms with E-state index in [0.717, 1.165) is 4.90 Å². The molecule has 12 heteroatoms. The number of carboxylic acid groups (broad SMARTS) is 2. The predicted octanol–water partition coefficient (Wildman–Crippen LogP) is -1.35. The fourth-order valence-corrected chi connectivity index (χ4v) is 3.44. The minimum atomic E-state index is -1.27. The molecule has 1 aliphatic heterocycles. The molecule has 0 aromatic carbocycles. The largest absolute Gasteiger partial charge is 0.481 e. The van der Waals surface area contributed by atoms with Crippen LogP contribution in [0.1, 0.15) is 52.9 Å². The van der Waals surface area contributed by atoms with Crippen LogP contribution in [0.5, 0.6) is 0 Å². The van der Waals surface area contributed by atoms with Crippen LogP contribution in [0, 0.1) is 5.92 Å². The fraction of sp³-hybridized carbons (Fsp3) is 0.750. The first-order valence-corrected chi connectivity index (χ1v) is 10.7. The molecule has 0 spiro atoms. The SMILES string of the molecule is CCC(C)C(NC(=O)C(N)C(C)O)C(=O)NC(CCC(=O)O)C(=O)N1CCCC1C(=O)O. The number of aliphatic carboxylic acids is 2. The standard InChI is InChI=1S/C20H34N4O8/c1-4-10(2)16(23-17(28)15(21)11(3)25)18(29)22-12(7-8-14(26)27)19(30)24-9-5-6-13(24)20(31)32/h10-13,15-16,25H,4-9,21H2,1-3H3,(H,22,29)(H,23,28)(H,26,27)(H,31,32). The van der Waals surface area contributed by atoms with E-state index in [2.05, 4.69) is 10.6 Å². The van der Waals surface area contributed by atoms with Gasteiger partial charge in [-0.1, -0.05) is 20.3 Å². The molecule has 182 valence electrons. The van der Waals surface area contributed by atoms with Crippen molar-refractivity contribution in [2.24, 2.45) is 11.7 Å². The molecule has 0 aromatic rings. The molecular weight excluding hydrogens is 424 g/mol. The van der Waals surface area contributed by atoms with Crippen molar-refractivity contribution in [3.8, 4) is 0 Å². The minimum absolute atomic E-state index is 0.185. The highest BCUT2D eigenvalue weighted by atomic mass is 16.4. The molecule has 1 aliphatic rings. The third-order valence-corrected chi connectivity index (χ3v) is 5.70. The summed E-state index contributed by atoms with van der Waals surface area (Å²) < 4.78 is 0. The average molecular weight is 459 g/mol. The van der Waals surface area contributed by atoms with E-state index in [1.54, 1.807) is 13.8 Å². The lowest BCUT2D eigenvalue weighted by atomic mass is 9.96. The number of aliphatic hydroxyl groups is 1. The van der Waals surface area contributed by atoms with Crippen molar-refractivity contribution in [3.63, 3.8) is 0 Å². The van der Waals surface area contributed by atoms with E-state index in [9.17, 15) is 34.2 Å². The number of carboxylic acids is 2. The summed E-state index contributed by atoms with van der Waals surface area (Å²) in [5.41, 5.74) is 5.63. The summed E-state index contributed by atoms with van der Waals surface area (Å²) in [7, 11) is 0. The lowest BCUT2D eigenvalue weighted by molar-refractivity contribution is -0.150. The molecule has 1 saturated heterocycles. The van der Waals surface area contributed by atoms with E-state index in [1.807, 2.05) is 0 Å². The number of hydrogen-bond acceptors (Lipinski definition) is 7. The van der Waals surface area contributed by atoms with Gasteiger partial charge in [0.25, 0.3) is 0 Å². The number of likely N-dealkylation sites (tertiary alicyclic amines) is 1. The summed E-state index contributed by atoms with van der Waals surface area (Å²) in [6, 6.07) is -4.67. The first-order valence-electron chi connectivity index (χ1n) is 10.7. The maximum Gasteiger partial charge on any atom is 0.326 e. The van der Waals surface area contributed by atoms with Crippen LogP contribution in [0.4, 0.5) is 0 Å². The number of hydrogen-bond donors (Lipinski definition) is 6. The number of nitrogens with two attached hydrogens (primary N) is 1. The van der Waals surface area contributed by atoms with E-state index >= 15 is 0 Å². The van der Waals surface area contributed by atoms with Gasteiger partial charge >= 0.3 is 11.9 Å². The third-order valence-electron chi connectivity index (χ3n) is 5.70. The average Bonchev–Trinajstić information content (AvgIpc) is 3.22. The number of aliphatic hydroxyl groups excluding tert-OH is 1. The van der Waals surface area contributed by atoms with Crippen molar-refractivity contribution in [1.82, 2.24) is 15.5 Å². The van der Waals surface area contributed by atoms with Crippen molar-refractivity contribution in [2.45, 2.75) is 83.1 Å². The normalized spacial score (nSPS) is 20.5. The molecule has 0 radical (unpaired) electrons. The van der Waals surface area contributed by atoms with Gasteiger partial charge in [0.05, 0.1) is 6.10 Å². The quantitative estimate of drug-likeness (QED) is 0.204. The van der Waals surface area contributed by atoms with Gasteiger partial charge in [-0.2, -0.15) is 0 Å². The number of rotatable bonds is 12. The van der Waals surface area contributed by atoms with Gasteiger partial charge in [0.1, 0.15) is 24.2 Å². The molecule has 32 heavy (non-hydrogen) atoms. The Labute approximate surface area is 186 Å². The van der Waals surface area contributed by atoms with Crippen molar-refractivity contribution < 1.29 is 39.3 Å². The molecule has 0 saturated carbocycles. The van der Waals surface area contributed by atoms with Crippen molar-refractivity contribution in [2.75, 3.05) is 6.54 Å². The Kier molecular flexibility index (Phi) is 10.5. The highest BCUT2D eigenvalue weighted by Crippen LogP contribution is 2.20. The Balaban J connectivity index is 3.06. The molecule has 0 aliphatic carbocycles. The minimum Gasteiger partial charge on any atom is -0.481 e. The second-order valence-electron chi connectivity index (χ2n) is 8.16. The molecule has 1 fully saturated rings. The van der Waals surface area contributed by atoms with Crippen LogP contribution >= 0.6 is 0 Å². The molecular formula is C20H34N4O8.